The van der Waals surface area contributed by atoms with Crippen molar-refractivity contribution in [3.8, 4) is 5.75 Å². The average molecular weight is 331 g/mol. The zero-order valence-corrected chi connectivity index (χ0v) is 15.5. The Kier molecular flexibility index (Phi) is 5.23. The van der Waals surface area contributed by atoms with E-state index in [4.69, 9.17) is 14.0 Å². The Balaban J connectivity index is 1.47. The number of benzene rings is 1. The summed E-state index contributed by atoms with van der Waals surface area (Å²) in [5.74, 6) is 0.914. The van der Waals surface area contributed by atoms with Crippen molar-refractivity contribution in [2.24, 2.45) is 0 Å². The molecular weight excluding hydrogens is 301 g/mol. The van der Waals surface area contributed by atoms with E-state index in [0.717, 1.165) is 30.8 Å². The van der Waals surface area contributed by atoms with Crippen molar-refractivity contribution in [3.05, 3.63) is 24.3 Å². The predicted octanol–water partition coefficient (Wildman–Crippen LogP) is 2.85. The van der Waals surface area contributed by atoms with Gasteiger partial charge in [0.1, 0.15) is 5.75 Å². The van der Waals surface area contributed by atoms with Crippen LogP contribution in [0.4, 0.5) is 0 Å². The zero-order chi connectivity index (χ0) is 17.2. The quantitative estimate of drug-likeness (QED) is 0.592. The normalized spacial score (nSPS) is 22.9. The number of hydrogen-bond donors (Lipinski definition) is 0. The van der Waals surface area contributed by atoms with Crippen LogP contribution in [-0.4, -0.2) is 49.5 Å². The van der Waals surface area contributed by atoms with Crippen LogP contribution in [0.15, 0.2) is 24.3 Å². The van der Waals surface area contributed by atoms with Crippen molar-refractivity contribution in [3.63, 3.8) is 0 Å². The molecule has 132 valence electrons. The molecule has 4 nitrogen and oxygen atoms in total. The molecule has 1 aromatic rings. The summed E-state index contributed by atoms with van der Waals surface area (Å²) in [6.45, 7) is 12.7. The lowest BCUT2D eigenvalue weighted by Crippen LogP contribution is -2.41. The van der Waals surface area contributed by atoms with E-state index in [1.54, 1.807) is 0 Å². The number of rotatable bonds is 6. The Morgan fingerprint density at radius 3 is 2.17 bits per heavy atom. The standard InChI is InChI=1S/C19H30BNO3/c1-18(2)19(3,4)24-20(23-18)16-8-10-17(11-9-16)22-15-7-14-21-12-5-6-13-21/h8-11H,5-7,12-15H2,1-4H3. The average Bonchev–Trinajstić information content (AvgIpc) is 3.11. The van der Waals surface area contributed by atoms with E-state index in [-0.39, 0.29) is 18.3 Å². The third kappa shape index (κ3) is 3.96. The van der Waals surface area contributed by atoms with Gasteiger partial charge >= 0.3 is 7.12 Å². The van der Waals surface area contributed by atoms with Crippen LogP contribution in [0.1, 0.15) is 47.0 Å². The van der Waals surface area contributed by atoms with E-state index >= 15 is 0 Å². The fourth-order valence-electron chi connectivity index (χ4n) is 3.18. The lowest BCUT2D eigenvalue weighted by atomic mass is 9.79. The zero-order valence-electron chi connectivity index (χ0n) is 15.5. The summed E-state index contributed by atoms with van der Waals surface area (Å²) in [5, 5.41) is 0. The highest BCUT2D eigenvalue weighted by molar-refractivity contribution is 6.62. The third-order valence-electron chi connectivity index (χ3n) is 5.49. The van der Waals surface area contributed by atoms with Crippen LogP contribution in [0.3, 0.4) is 0 Å². The van der Waals surface area contributed by atoms with Crippen LogP contribution in [0, 0.1) is 0 Å². The lowest BCUT2D eigenvalue weighted by molar-refractivity contribution is 0.00578. The molecular formula is C19H30BNO3. The van der Waals surface area contributed by atoms with Crippen molar-refractivity contribution in [2.45, 2.75) is 58.2 Å². The van der Waals surface area contributed by atoms with E-state index in [2.05, 4.69) is 32.6 Å². The Hall–Kier alpha value is -1.04. The summed E-state index contributed by atoms with van der Waals surface area (Å²) >= 11 is 0. The minimum atomic E-state index is -0.306. The van der Waals surface area contributed by atoms with Crippen LogP contribution in [0.5, 0.6) is 5.75 Å². The van der Waals surface area contributed by atoms with Crippen molar-refractivity contribution in [2.75, 3.05) is 26.2 Å². The molecule has 1 aromatic carbocycles. The fourth-order valence-corrected chi connectivity index (χ4v) is 3.18. The van der Waals surface area contributed by atoms with E-state index in [0.29, 0.717) is 0 Å². The summed E-state index contributed by atoms with van der Waals surface area (Å²) in [5.41, 5.74) is 0.434. The van der Waals surface area contributed by atoms with Gasteiger partial charge in [-0.3, -0.25) is 0 Å². The first-order chi connectivity index (χ1) is 11.4. The molecule has 3 rings (SSSR count). The number of nitrogens with zero attached hydrogens (tertiary/aromatic N) is 1. The van der Waals surface area contributed by atoms with Crippen LogP contribution < -0.4 is 10.2 Å². The molecule has 5 heteroatoms. The molecule has 2 fully saturated rings. The SMILES string of the molecule is CC1(C)OB(c2ccc(OCCCN3CCCC3)cc2)OC1(C)C. The van der Waals surface area contributed by atoms with Gasteiger partial charge in [-0.05, 0) is 77.6 Å². The minimum Gasteiger partial charge on any atom is -0.494 e. The molecule has 0 aromatic heterocycles. The smallest absolute Gasteiger partial charge is 0.494 e. The predicted molar refractivity (Wildman–Crippen MR) is 97.9 cm³/mol. The Bertz CT molecular complexity index is 522. The molecule has 2 aliphatic rings. The molecule has 2 aliphatic heterocycles. The third-order valence-corrected chi connectivity index (χ3v) is 5.49. The van der Waals surface area contributed by atoms with Crippen LogP contribution >= 0.6 is 0 Å². The van der Waals surface area contributed by atoms with Crippen LogP contribution in [-0.2, 0) is 9.31 Å². The first-order valence-corrected chi connectivity index (χ1v) is 9.18. The van der Waals surface area contributed by atoms with Gasteiger partial charge in [0.2, 0.25) is 0 Å². The molecule has 0 radical (unpaired) electrons. The highest BCUT2D eigenvalue weighted by Gasteiger charge is 2.51. The van der Waals surface area contributed by atoms with Crippen LogP contribution in [0.2, 0.25) is 0 Å². The summed E-state index contributed by atoms with van der Waals surface area (Å²) in [6.07, 6.45) is 3.78. The second-order valence-electron chi connectivity index (χ2n) is 7.91. The molecule has 0 spiro atoms. The molecule has 0 N–H and O–H groups in total. The maximum Gasteiger partial charge on any atom is 0.494 e. The molecule has 2 saturated heterocycles. The number of ether oxygens (including phenoxy) is 1. The van der Waals surface area contributed by atoms with Crippen molar-refractivity contribution >= 4 is 12.6 Å². The molecule has 0 unspecified atom stereocenters. The Labute approximate surface area is 146 Å². The molecule has 2 heterocycles. The van der Waals surface area contributed by atoms with Gasteiger partial charge in [-0.2, -0.15) is 0 Å². The molecule has 0 amide bonds. The van der Waals surface area contributed by atoms with E-state index in [1.165, 1.54) is 25.9 Å². The Morgan fingerprint density at radius 2 is 1.58 bits per heavy atom. The van der Waals surface area contributed by atoms with Crippen molar-refractivity contribution in [1.82, 2.24) is 4.90 Å². The molecule has 24 heavy (non-hydrogen) atoms. The summed E-state index contributed by atoms with van der Waals surface area (Å²) in [7, 11) is -0.306. The van der Waals surface area contributed by atoms with Crippen molar-refractivity contribution < 1.29 is 14.0 Å². The van der Waals surface area contributed by atoms with Gasteiger partial charge in [0, 0.05) is 6.54 Å². The lowest BCUT2D eigenvalue weighted by Gasteiger charge is -2.32. The molecule has 0 aliphatic carbocycles. The first-order valence-electron chi connectivity index (χ1n) is 9.18. The summed E-state index contributed by atoms with van der Waals surface area (Å²) in [4.78, 5) is 2.52. The first kappa shape index (κ1) is 17.8. The topological polar surface area (TPSA) is 30.9 Å². The van der Waals surface area contributed by atoms with Gasteiger partial charge in [-0.15, -0.1) is 0 Å². The van der Waals surface area contributed by atoms with E-state index < -0.39 is 0 Å². The van der Waals surface area contributed by atoms with Gasteiger partial charge in [0.25, 0.3) is 0 Å². The molecule has 0 saturated carbocycles. The van der Waals surface area contributed by atoms with Crippen LogP contribution in [0.25, 0.3) is 0 Å². The molecule has 0 bridgehead atoms. The van der Waals surface area contributed by atoms with Gasteiger partial charge in [-0.1, -0.05) is 12.1 Å². The van der Waals surface area contributed by atoms with Gasteiger partial charge in [0.15, 0.2) is 0 Å². The highest BCUT2D eigenvalue weighted by Crippen LogP contribution is 2.36. The van der Waals surface area contributed by atoms with Gasteiger partial charge in [-0.25, -0.2) is 0 Å². The summed E-state index contributed by atoms with van der Waals surface area (Å²) < 4.78 is 18.0. The van der Waals surface area contributed by atoms with E-state index in [9.17, 15) is 0 Å². The largest absolute Gasteiger partial charge is 0.494 e. The van der Waals surface area contributed by atoms with Gasteiger partial charge < -0.3 is 18.9 Å². The Morgan fingerprint density at radius 1 is 1.00 bits per heavy atom. The van der Waals surface area contributed by atoms with E-state index in [1.807, 2.05) is 24.3 Å². The minimum absolute atomic E-state index is 0.303. The highest BCUT2D eigenvalue weighted by atomic mass is 16.7. The monoisotopic (exact) mass is 331 g/mol. The van der Waals surface area contributed by atoms with Crippen molar-refractivity contribution in [1.29, 1.82) is 0 Å². The second-order valence-corrected chi connectivity index (χ2v) is 7.91. The maximum atomic E-state index is 6.08. The second kappa shape index (κ2) is 7.07. The molecule has 0 atom stereocenters. The number of hydrogen-bond acceptors (Lipinski definition) is 4. The maximum absolute atomic E-state index is 6.08. The summed E-state index contributed by atoms with van der Waals surface area (Å²) in [6, 6.07) is 8.10. The fraction of sp³-hybridized carbons (Fsp3) is 0.684. The number of likely N-dealkylation sites (tertiary alicyclic amines) is 1. The van der Waals surface area contributed by atoms with Gasteiger partial charge in [0.05, 0.1) is 17.8 Å².